The van der Waals surface area contributed by atoms with Gasteiger partial charge in [-0.05, 0) is 36.6 Å². The number of aryl methyl sites for hydroxylation is 1. The van der Waals surface area contributed by atoms with E-state index in [2.05, 4.69) is 4.99 Å². The van der Waals surface area contributed by atoms with Gasteiger partial charge in [0.2, 0.25) is 0 Å². The second kappa shape index (κ2) is 8.48. The summed E-state index contributed by atoms with van der Waals surface area (Å²) in [4.78, 5) is 18.4. The SMILES string of the molecule is CSCCn1c(=NC(=O)Cc2ccc(Cl)s2)sc2cc(S(C)(=O)=O)ccc21. The van der Waals surface area contributed by atoms with Gasteiger partial charge in [0.15, 0.2) is 14.6 Å². The molecular formula is C17H17ClN2O3S4. The first-order valence-corrected chi connectivity index (χ1v) is 13.2. The Kier molecular flexibility index (Phi) is 6.47. The van der Waals surface area contributed by atoms with Crippen LogP contribution in [0.5, 0.6) is 0 Å². The molecule has 0 spiro atoms. The van der Waals surface area contributed by atoms with Crippen LogP contribution in [-0.2, 0) is 27.6 Å². The van der Waals surface area contributed by atoms with Crippen molar-refractivity contribution in [1.29, 1.82) is 0 Å². The van der Waals surface area contributed by atoms with Crippen LogP contribution in [0.15, 0.2) is 40.2 Å². The van der Waals surface area contributed by atoms with Gasteiger partial charge in [0, 0.05) is 23.4 Å². The second-order valence-corrected chi connectivity index (χ2v) is 11.6. The van der Waals surface area contributed by atoms with Crippen molar-refractivity contribution in [1.82, 2.24) is 4.57 Å². The van der Waals surface area contributed by atoms with E-state index in [9.17, 15) is 13.2 Å². The standard InChI is InChI=1S/C17H17ClN2O3S4/c1-24-8-7-20-13-5-4-12(27(2,22)23)10-14(13)26-17(20)19-16(21)9-11-3-6-15(18)25-11/h3-6,10H,7-9H2,1-2H3. The smallest absolute Gasteiger partial charge is 0.253 e. The molecule has 2 aromatic heterocycles. The first kappa shape index (κ1) is 20.6. The molecule has 1 aromatic carbocycles. The van der Waals surface area contributed by atoms with Crippen LogP contribution >= 0.6 is 46.0 Å². The lowest BCUT2D eigenvalue weighted by molar-refractivity contribution is -0.117. The fraction of sp³-hybridized carbons (Fsp3) is 0.294. The third kappa shape index (κ3) is 5.03. The Labute approximate surface area is 174 Å². The molecule has 10 heteroatoms. The molecule has 0 atom stereocenters. The molecule has 0 radical (unpaired) electrons. The molecule has 0 aliphatic carbocycles. The van der Waals surface area contributed by atoms with Gasteiger partial charge in [-0.2, -0.15) is 16.8 Å². The van der Waals surface area contributed by atoms with Gasteiger partial charge < -0.3 is 4.57 Å². The van der Waals surface area contributed by atoms with Crippen molar-refractivity contribution >= 4 is 72.0 Å². The van der Waals surface area contributed by atoms with Crippen molar-refractivity contribution < 1.29 is 13.2 Å². The van der Waals surface area contributed by atoms with Gasteiger partial charge in [-0.25, -0.2) is 8.42 Å². The minimum absolute atomic E-state index is 0.197. The molecule has 1 amide bonds. The molecule has 0 N–H and O–H groups in total. The van der Waals surface area contributed by atoms with E-state index in [1.807, 2.05) is 16.9 Å². The van der Waals surface area contributed by atoms with Crippen LogP contribution in [0.25, 0.3) is 10.2 Å². The number of halogens is 1. The summed E-state index contributed by atoms with van der Waals surface area (Å²) in [5.74, 6) is 0.614. The number of nitrogens with zero attached hydrogens (tertiary/aromatic N) is 2. The third-order valence-electron chi connectivity index (χ3n) is 3.78. The number of amides is 1. The average Bonchev–Trinajstić information content (AvgIpc) is 3.14. The Morgan fingerprint density at radius 3 is 2.67 bits per heavy atom. The van der Waals surface area contributed by atoms with Gasteiger partial charge in [0.1, 0.15) is 0 Å². The zero-order valence-corrected chi connectivity index (χ0v) is 18.7. The van der Waals surface area contributed by atoms with Crippen molar-refractivity contribution in [3.63, 3.8) is 0 Å². The van der Waals surface area contributed by atoms with E-state index in [-0.39, 0.29) is 17.2 Å². The number of thiophene rings is 1. The van der Waals surface area contributed by atoms with Gasteiger partial charge in [-0.1, -0.05) is 22.9 Å². The number of rotatable bonds is 6. The summed E-state index contributed by atoms with van der Waals surface area (Å²) in [5.41, 5.74) is 0.882. The molecule has 27 heavy (non-hydrogen) atoms. The van der Waals surface area contributed by atoms with Crippen LogP contribution in [0, 0.1) is 0 Å². The van der Waals surface area contributed by atoms with E-state index in [1.165, 1.54) is 28.9 Å². The predicted molar refractivity (Wildman–Crippen MR) is 115 cm³/mol. The normalized spacial score (nSPS) is 12.8. The number of benzene rings is 1. The number of sulfone groups is 1. The average molecular weight is 461 g/mol. The maximum absolute atomic E-state index is 12.4. The van der Waals surface area contributed by atoms with E-state index in [0.717, 1.165) is 20.8 Å². The molecule has 3 rings (SSSR count). The Hall–Kier alpha value is -1.13. The topological polar surface area (TPSA) is 68.5 Å². The second-order valence-electron chi connectivity index (χ2n) is 5.82. The van der Waals surface area contributed by atoms with Gasteiger partial charge >= 0.3 is 0 Å². The molecule has 0 fully saturated rings. The number of fused-ring (bicyclic) bond motifs is 1. The number of hydrogen-bond donors (Lipinski definition) is 0. The number of thioether (sulfide) groups is 1. The van der Waals surface area contributed by atoms with Gasteiger partial charge in [-0.15, -0.1) is 11.3 Å². The summed E-state index contributed by atoms with van der Waals surface area (Å²) in [7, 11) is -3.29. The molecule has 0 aliphatic heterocycles. The summed E-state index contributed by atoms with van der Waals surface area (Å²) < 4.78 is 27.1. The largest absolute Gasteiger partial charge is 0.316 e. The fourth-order valence-electron chi connectivity index (χ4n) is 2.51. The van der Waals surface area contributed by atoms with Crippen LogP contribution in [0.4, 0.5) is 0 Å². The number of thiazole rings is 1. The van der Waals surface area contributed by atoms with Crippen molar-refractivity contribution in [2.75, 3.05) is 18.3 Å². The van der Waals surface area contributed by atoms with Crippen LogP contribution in [0.1, 0.15) is 4.88 Å². The number of aromatic nitrogens is 1. The van der Waals surface area contributed by atoms with E-state index in [4.69, 9.17) is 11.6 Å². The van der Waals surface area contributed by atoms with E-state index >= 15 is 0 Å². The van der Waals surface area contributed by atoms with Gasteiger partial charge in [-0.3, -0.25) is 4.79 Å². The van der Waals surface area contributed by atoms with Crippen molar-refractivity contribution in [3.05, 3.63) is 44.3 Å². The third-order valence-corrected chi connectivity index (χ3v) is 7.75. The highest BCUT2D eigenvalue weighted by Gasteiger charge is 2.13. The zero-order valence-electron chi connectivity index (χ0n) is 14.6. The lowest BCUT2D eigenvalue weighted by Gasteiger charge is -2.04. The van der Waals surface area contributed by atoms with Crippen LogP contribution < -0.4 is 4.80 Å². The Morgan fingerprint density at radius 2 is 2.04 bits per heavy atom. The molecule has 0 bridgehead atoms. The van der Waals surface area contributed by atoms with Crippen LogP contribution in [0.3, 0.4) is 0 Å². The van der Waals surface area contributed by atoms with Crippen molar-refractivity contribution in [2.45, 2.75) is 17.9 Å². The van der Waals surface area contributed by atoms with Crippen LogP contribution in [-0.4, -0.2) is 37.2 Å². The first-order valence-electron chi connectivity index (χ1n) is 7.92. The molecule has 0 aliphatic rings. The Balaban J connectivity index is 2.04. The summed E-state index contributed by atoms with van der Waals surface area (Å²) in [6, 6.07) is 8.61. The Morgan fingerprint density at radius 1 is 1.26 bits per heavy atom. The van der Waals surface area contributed by atoms with Crippen molar-refractivity contribution in [3.8, 4) is 0 Å². The summed E-state index contributed by atoms with van der Waals surface area (Å²) >= 11 is 10.3. The fourth-order valence-corrected chi connectivity index (χ4v) is 5.79. The molecule has 0 unspecified atom stereocenters. The number of hydrogen-bond acceptors (Lipinski definition) is 6. The van der Waals surface area contributed by atoms with Gasteiger partial charge in [0.25, 0.3) is 5.91 Å². The summed E-state index contributed by atoms with van der Waals surface area (Å²) in [5, 5.41) is 0. The van der Waals surface area contributed by atoms with E-state index in [0.29, 0.717) is 15.7 Å². The predicted octanol–water partition coefficient (Wildman–Crippen LogP) is 3.85. The zero-order chi connectivity index (χ0) is 19.6. The highest BCUT2D eigenvalue weighted by Crippen LogP contribution is 2.23. The molecule has 5 nitrogen and oxygen atoms in total. The molecule has 144 valence electrons. The van der Waals surface area contributed by atoms with Crippen molar-refractivity contribution in [2.24, 2.45) is 4.99 Å². The minimum atomic E-state index is -3.29. The quantitative estimate of drug-likeness (QED) is 0.560. The first-order chi connectivity index (χ1) is 12.8. The van der Waals surface area contributed by atoms with Crippen LogP contribution in [0.2, 0.25) is 4.34 Å². The lowest BCUT2D eigenvalue weighted by atomic mass is 10.3. The highest BCUT2D eigenvalue weighted by atomic mass is 35.5. The monoisotopic (exact) mass is 460 g/mol. The molecule has 0 saturated heterocycles. The minimum Gasteiger partial charge on any atom is -0.316 e. The molecule has 2 heterocycles. The van der Waals surface area contributed by atoms with E-state index in [1.54, 1.807) is 36.0 Å². The number of carbonyl (C=O) groups is 1. The number of carbonyl (C=O) groups excluding carboxylic acids is 1. The lowest BCUT2D eigenvalue weighted by Crippen LogP contribution is -2.18. The highest BCUT2D eigenvalue weighted by molar-refractivity contribution is 7.98. The molecule has 3 aromatic rings. The summed E-state index contributed by atoms with van der Waals surface area (Å²) in [6.07, 6.45) is 3.40. The van der Waals surface area contributed by atoms with E-state index < -0.39 is 9.84 Å². The maximum Gasteiger partial charge on any atom is 0.253 e. The summed E-state index contributed by atoms with van der Waals surface area (Å²) in [6.45, 7) is 0.691. The molecular weight excluding hydrogens is 444 g/mol. The van der Waals surface area contributed by atoms with Gasteiger partial charge in [0.05, 0.1) is 25.9 Å². The maximum atomic E-state index is 12.4. The molecule has 0 saturated carbocycles. The Bertz CT molecular complexity index is 1160.